The zero-order valence-corrected chi connectivity index (χ0v) is 21.9. The van der Waals surface area contributed by atoms with Crippen molar-refractivity contribution in [2.45, 2.75) is 55.8 Å². The fourth-order valence-electron chi connectivity index (χ4n) is 4.38. The van der Waals surface area contributed by atoms with Gasteiger partial charge in [-0.05, 0) is 44.4 Å². The molecule has 0 radical (unpaired) electrons. The topological polar surface area (TPSA) is 134 Å². The number of amides is 2. The Labute approximate surface area is 212 Å². The van der Waals surface area contributed by atoms with Crippen molar-refractivity contribution in [2.24, 2.45) is 0 Å². The summed E-state index contributed by atoms with van der Waals surface area (Å²) >= 11 is 0. The number of carbonyl (C=O) groups excluding carboxylic acids is 1. The van der Waals surface area contributed by atoms with Gasteiger partial charge in [0, 0.05) is 37.3 Å². The monoisotopic (exact) mass is 523 g/mol. The summed E-state index contributed by atoms with van der Waals surface area (Å²) < 4.78 is 29.2. The van der Waals surface area contributed by atoms with Crippen molar-refractivity contribution in [3.63, 3.8) is 0 Å². The predicted octanol–water partition coefficient (Wildman–Crippen LogP) is 2.08. The van der Waals surface area contributed by atoms with Crippen LogP contribution in [0.1, 0.15) is 49.6 Å². The first-order valence-electron chi connectivity index (χ1n) is 11.3. The van der Waals surface area contributed by atoms with Gasteiger partial charge in [-0.1, -0.05) is 12.1 Å². The molecule has 4 rings (SSSR count). The lowest BCUT2D eigenvalue weighted by atomic mass is 9.97. The summed E-state index contributed by atoms with van der Waals surface area (Å²) in [5.74, 6) is 0.537. The number of sulfone groups is 1. The molecule has 1 atom stereocenters. The number of benzene rings is 1. The normalized spacial score (nSPS) is 18.3. The van der Waals surface area contributed by atoms with Crippen molar-refractivity contribution < 1.29 is 23.1 Å². The maximum Gasteiger partial charge on any atom is 0.319 e. The lowest BCUT2D eigenvalue weighted by Gasteiger charge is -2.33. The largest absolute Gasteiger partial charge is 0.394 e. The highest BCUT2D eigenvalue weighted by Gasteiger charge is 2.42. The Bertz CT molecular complexity index is 1170. The van der Waals surface area contributed by atoms with Crippen molar-refractivity contribution in [1.82, 2.24) is 20.2 Å². The van der Waals surface area contributed by atoms with Gasteiger partial charge in [-0.2, -0.15) is 13.5 Å². The van der Waals surface area contributed by atoms with E-state index in [0.29, 0.717) is 31.3 Å². The zero-order chi connectivity index (χ0) is 24.5. The SMILES string of the molecule is CC1(C)c2cnc(NC3CCOCC3)nc2CN1C(=O)N[C@H](CO)c1cccc(S(C)(=O)=O)c1.S. The molecule has 3 heterocycles. The summed E-state index contributed by atoms with van der Waals surface area (Å²) in [7, 11) is -3.41. The minimum Gasteiger partial charge on any atom is -0.394 e. The Kier molecular flexibility index (Phi) is 8.30. The first-order valence-corrected chi connectivity index (χ1v) is 13.2. The van der Waals surface area contributed by atoms with Gasteiger partial charge in [0.15, 0.2) is 9.84 Å². The van der Waals surface area contributed by atoms with E-state index in [1.165, 1.54) is 12.1 Å². The minimum atomic E-state index is -3.41. The molecular formula is C23H33N5O5S2. The first kappa shape index (κ1) is 27.2. The molecule has 1 aromatic carbocycles. The molecule has 12 heteroatoms. The average molecular weight is 524 g/mol. The summed E-state index contributed by atoms with van der Waals surface area (Å²) in [4.78, 5) is 24.2. The molecule has 1 fully saturated rings. The Hall–Kier alpha value is -2.41. The van der Waals surface area contributed by atoms with Gasteiger partial charge in [0.2, 0.25) is 5.95 Å². The molecule has 0 bridgehead atoms. The summed E-state index contributed by atoms with van der Waals surface area (Å²) in [6.07, 6.45) is 4.66. The van der Waals surface area contributed by atoms with Crippen molar-refractivity contribution in [3.05, 3.63) is 47.3 Å². The Balaban J connectivity index is 0.00000342. The van der Waals surface area contributed by atoms with Crippen LogP contribution in [0.5, 0.6) is 0 Å². The van der Waals surface area contributed by atoms with E-state index in [2.05, 4.69) is 20.6 Å². The van der Waals surface area contributed by atoms with Gasteiger partial charge >= 0.3 is 6.03 Å². The molecular weight excluding hydrogens is 490 g/mol. The second-order valence-corrected chi connectivity index (χ2v) is 11.3. The van der Waals surface area contributed by atoms with Crippen LogP contribution < -0.4 is 10.6 Å². The second kappa shape index (κ2) is 10.7. The third-order valence-electron chi connectivity index (χ3n) is 6.48. The highest BCUT2D eigenvalue weighted by atomic mass is 32.2. The summed E-state index contributed by atoms with van der Waals surface area (Å²) in [5.41, 5.74) is 1.48. The molecule has 0 spiro atoms. The van der Waals surface area contributed by atoms with E-state index in [1.54, 1.807) is 23.2 Å². The number of carbonyl (C=O) groups is 1. The molecule has 0 unspecified atom stereocenters. The Morgan fingerprint density at radius 3 is 2.69 bits per heavy atom. The third-order valence-corrected chi connectivity index (χ3v) is 7.59. The number of hydrogen-bond donors (Lipinski definition) is 3. The number of urea groups is 1. The van der Waals surface area contributed by atoms with Crippen LogP contribution in [0.25, 0.3) is 0 Å². The van der Waals surface area contributed by atoms with E-state index in [4.69, 9.17) is 4.74 Å². The van der Waals surface area contributed by atoms with Crippen LogP contribution in [-0.2, 0) is 26.7 Å². The molecule has 192 valence electrons. The number of aliphatic hydroxyl groups is 1. The van der Waals surface area contributed by atoms with Crippen LogP contribution >= 0.6 is 13.5 Å². The van der Waals surface area contributed by atoms with Gasteiger partial charge in [0.1, 0.15) is 0 Å². The number of fused-ring (bicyclic) bond motifs is 1. The van der Waals surface area contributed by atoms with Crippen molar-refractivity contribution >= 4 is 35.3 Å². The molecule has 2 aromatic rings. The number of aliphatic hydroxyl groups excluding tert-OH is 1. The third kappa shape index (κ3) is 5.88. The number of hydrogen-bond acceptors (Lipinski definition) is 8. The van der Waals surface area contributed by atoms with Crippen LogP contribution in [0.4, 0.5) is 10.7 Å². The lowest BCUT2D eigenvalue weighted by molar-refractivity contribution is 0.0903. The summed E-state index contributed by atoms with van der Waals surface area (Å²) in [5, 5.41) is 16.1. The maximum atomic E-state index is 13.3. The zero-order valence-electron chi connectivity index (χ0n) is 20.1. The van der Waals surface area contributed by atoms with Gasteiger partial charge in [0.25, 0.3) is 0 Å². The Morgan fingerprint density at radius 1 is 1.31 bits per heavy atom. The van der Waals surface area contributed by atoms with E-state index in [1.807, 2.05) is 13.8 Å². The fourth-order valence-corrected chi connectivity index (χ4v) is 5.06. The van der Waals surface area contributed by atoms with E-state index >= 15 is 0 Å². The molecule has 0 aliphatic carbocycles. The van der Waals surface area contributed by atoms with E-state index in [0.717, 1.165) is 30.4 Å². The summed E-state index contributed by atoms with van der Waals surface area (Å²) in [6, 6.07) is 5.35. The van der Waals surface area contributed by atoms with Crippen molar-refractivity contribution in [3.8, 4) is 0 Å². The van der Waals surface area contributed by atoms with Crippen LogP contribution in [-0.4, -0.2) is 66.5 Å². The van der Waals surface area contributed by atoms with Crippen molar-refractivity contribution in [1.29, 1.82) is 0 Å². The highest BCUT2D eigenvalue weighted by molar-refractivity contribution is 7.90. The number of nitrogens with one attached hydrogen (secondary N) is 2. The molecule has 3 N–H and O–H groups in total. The van der Waals surface area contributed by atoms with Crippen LogP contribution in [0.3, 0.4) is 0 Å². The van der Waals surface area contributed by atoms with Crippen LogP contribution in [0.15, 0.2) is 35.4 Å². The lowest BCUT2D eigenvalue weighted by Crippen LogP contribution is -2.47. The molecule has 1 aromatic heterocycles. The second-order valence-electron chi connectivity index (χ2n) is 9.26. The number of nitrogens with zero attached hydrogens (tertiary/aromatic N) is 3. The molecule has 10 nitrogen and oxygen atoms in total. The molecule has 35 heavy (non-hydrogen) atoms. The number of ether oxygens (including phenoxy) is 1. The molecule has 2 aliphatic rings. The van der Waals surface area contributed by atoms with Crippen LogP contribution in [0.2, 0.25) is 0 Å². The summed E-state index contributed by atoms with van der Waals surface area (Å²) in [6.45, 7) is 5.18. The van der Waals surface area contributed by atoms with Crippen LogP contribution in [0, 0.1) is 0 Å². The maximum absolute atomic E-state index is 13.3. The van der Waals surface area contributed by atoms with Gasteiger partial charge in [-0.25, -0.2) is 23.2 Å². The number of rotatable bonds is 6. The van der Waals surface area contributed by atoms with Crippen molar-refractivity contribution in [2.75, 3.05) is 31.4 Å². The number of aromatic nitrogens is 2. The molecule has 1 saturated heterocycles. The Morgan fingerprint density at radius 2 is 2.03 bits per heavy atom. The molecule has 2 amide bonds. The van der Waals surface area contributed by atoms with E-state index in [-0.39, 0.29) is 37.1 Å². The smallest absolute Gasteiger partial charge is 0.319 e. The number of anilines is 1. The molecule has 0 saturated carbocycles. The van der Waals surface area contributed by atoms with Gasteiger partial charge in [0.05, 0.1) is 35.3 Å². The van der Waals surface area contributed by atoms with E-state index < -0.39 is 21.4 Å². The predicted molar refractivity (Wildman–Crippen MR) is 136 cm³/mol. The highest BCUT2D eigenvalue weighted by Crippen LogP contribution is 2.38. The average Bonchev–Trinajstić information content (AvgIpc) is 3.07. The fraction of sp³-hybridized carbons (Fsp3) is 0.522. The van der Waals surface area contributed by atoms with Gasteiger partial charge in [-0.15, -0.1) is 0 Å². The first-order chi connectivity index (χ1) is 16.1. The quantitative estimate of drug-likeness (QED) is 0.524. The van der Waals surface area contributed by atoms with Gasteiger partial charge < -0.3 is 25.4 Å². The standard InChI is InChI=1S/C23H31N5O5S.H2S/c1-23(2)18-12-24-21(25-16-7-9-33-10-8-16)26-19(18)13-28(23)22(30)27-20(14-29)15-5-4-6-17(11-15)34(3,31)32;/h4-6,11-12,16,20,29H,7-10,13-14H2,1-3H3,(H,27,30)(H,24,25,26);1H2/t20-;/m1./s1. The minimum absolute atomic E-state index is 0. The molecule has 2 aliphatic heterocycles. The van der Waals surface area contributed by atoms with E-state index in [9.17, 15) is 18.3 Å². The van der Waals surface area contributed by atoms with Gasteiger partial charge in [-0.3, -0.25) is 0 Å².